The number of hydrogen-bond acceptors (Lipinski definition) is 5. The zero-order valence-electron chi connectivity index (χ0n) is 11.4. The molecular weight excluding hydrogens is 248 g/mol. The molecule has 6 nitrogen and oxygen atoms in total. The Bertz CT molecular complexity index is 318. The summed E-state index contributed by atoms with van der Waals surface area (Å²) >= 11 is 0. The SMILES string of the molecule is CC1CCN(C(=O)C[C@@H]2O[C@H](CN)[C@@H](O)[C@H]2O)CC1. The molecule has 2 heterocycles. The fourth-order valence-electron chi connectivity index (χ4n) is 2.75. The first-order valence-electron chi connectivity index (χ1n) is 7.02. The molecule has 0 saturated carbocycles. The molecule has 110 valence electrons. The third-order valence-electron chi connectivity index (χ3n) is 4.21. The summed E-state index contributed by atoms with van der Waals surface area (Å²) in [5, 5.41) is 19.6. The number of carbonyl (C=O) groups is 1. The van der Waals surface area contributed by atoms with Crippen LogP contribution in [0.25, 0.3) is 0 Å². The summed E-state index contributed by atoms with van der Waals surface area (Å²) in [6.45, 7) is 3.87. The topological polar surface area (TPSA) is 96.0 Å². The first-order chi connectivity index (χ1) is 9.02. The van der Waals surface area contributed by atoms with E-state index in [9.17, 15) is 15.0 Å². The standard InChI is InChI=1S/C13H24N2O4/c1-8-2-4-15(5-3-8)11(16)6-9-12(17)13(18)10(7-14)19-9/h8-10,12-13,17-18H,2-7,14H2,1H3/t9-,10+,12-,13+/m0/s1. The Morgan fingerprint density at radius 2 is 1.84 bits per heavy atom. The van der Waals surface area contributed by atoms with E-state index in [-0.39, 0.29) is 18.9 Å². The number of hydrogen-bond donors (Lipinski definition) is 3. The Hall–Kier alpha value is -0.690. The molecule has 2 saturated heterocycles. The van der Waals surface area contributed by atoms with E-state index in [0.29, 0.717) is 5.92 Å². The maximum Gasteiger partial charge on any atom is 0.225 e. The zero-order valence-corrected chi connectivity index (χ0v) is 11.4. The van der Waals surface area contributed by atoms with Crippen LogP contribution in [-0.4, -0.2) is 65.1 Å². The van der Waals surface area contributed by atoms with Crippen molar-refractivity contribution in [2.45, 2.75) is 50.6 Å². The molecular formula is C13H24N2O4. The second-order valence-electron chi connectivity index (χ2n) is 5.70. The maximum atomic E-state index is 12.1. The summed E-state index contributed by atoms with van der Waals surface area (Å²) < 4.78 is 5.45. The van der Waals surface area contributed by atoms with Gasteiger partial charge in [0.05, 0.1) is 18.6 Å². The highest BCUT2D eigenvalue weighted by atomic mass is 16.5. The molecule has 2 fully saturated rings. The summed E-state index contributed by atoms with van der Waals surface area (Å²) in [6.07, 6.45) is -1.08. The van der Waals surface area contributed by atoms with Crippen molar-refractivity contribution < 1.29 is 19.7 Å². The van der Waals surface area contributed by atoms with E-state index < -0.39 is 24.4 Å². The van der Waals surface area contributed by atoms with E-state index >= 15 is 0 Å². The molecule has 0 aromatic carbocycles. The Morgan fingerprint density at radius 3 is 2.37 bits per heavy atom. The summed E-state index contributed by atoms with van der Waals surface area (Å²) in [7, 11) is 0. The number of amides is 1. The first kappa shape index (κ1) is 14.7. The monoisotopic (exact) mass is 272 g/mol. The smallest absolute Gasteiger partial charge is 0.225 e. The van der Waals surface area contributed by atoms with E-state index in [4.69, 9.17) is 10.5 Å². The molecule has 0 aliphatic carbocycles. The van der Waals surface area contributed by atoms with E-state index in [1.54, 1.807) is 0 Å². The summed E-state index contributed by atoms with van der Waals surface area (Å²) in [6, 6.07) is 0. The molecule has 0 bridgehead atoms. The molecule has 4 N–H and O–H groups in total. The van der Waals surface area contributed by atoms with Crippen LogP contribution in [-0.2, 0) is 9.53 Å². The predicted molar refractivity (Wildman–Crippen MR) is 69.3 cm³/mol. The number of aliphatic hydroxyl groups excluding tert-OH is 2. The van der Waals surface area contributed by atoms with Gasteiger partial charge in [-0.05, 0) is 18.8 Å². The van der Waals surface area contributed by atoms with Crippen molar-refractivity contribution >= 4 is 5.91 Å². The van der Waals surface area contributed by atoms with Gasteiger partial charge < -0.3 is 25.6 Å². The number of carbonyl (C=O) groups excluding carboxylic acids is 1. The van der Waals surface area contributed by atoms with Gasteiger partial charge in [0.2, 0.25) is 5.91 Å². The van der Waals surface area contributed by atoms with Gasteiger partial charge >= 0.3 is 0 Å². The minimum absolute atomic E-state index is 0.0131. The molecule has 0 radical (unpaired) electrons. The van der Waals surface area contributed by atoms with Crippen LogP contribution in [0.15, 0.2) is 0 Å². The lowest BCUT2D eigenvalue weighted by Crippen LogP contribution is -2.41. The van der Waals surface area contributed by atoms with Crippen LogP contribution in [0.2, 0.25) is 0 Å². The fourth-order valence-corrected chi connectivity index (χ4v) is 2.75. The van der Waals surface area contributed by atoms with Crippen LogP contribution in [0.1, 0.15) is 26.2 Å². The molecule has 2 rings (SSSR count). The van der Waals surface area contributed by atoms with Crippen molar-refractivity contribution in [1.29, 1.82) is 0 Å². The van der Waals surface area contributed by atoms with Gasteiger partial charge in [-0.2, -0.15) is 0 Å². The van der Waals surface area contributed by atoms with Gasteiger partial charge in [0.25, 0.3) is 0 Å². The van der Waals surface area contributed by atoms with Crippen LogP contribution in [0.4, 0.5) is 0 Å². The summed E-state index contributed by atoms with van der Waals surface area (Å²) in [5.74, 6) is 0.654. The molecule has 4 atom stereocenters. The molecule has 2 aliphatic heterocycles. The van der Waals surface area contributed by atoms with Crippen molar-refractivity contribution in [2.24, 2.45) is 11.7 Å². The second kappa shape index (κ2) is 6.17. The van der Waals surface area contributed by atoms with Crippen LogP contribution < -0.4 is 5.73 Å². The van der Waals surface area contributed by atoms with Crippen LogP contribution >= 0.6 is 0 Å². The van der Waals surface area contributed by atoms with Crippen LogP contribution in [0.5, 0.6) is 0 Å². The van der Waals surface area contributed by atoms with Gasteiger partial charge in [0.1, 0.15) is 12.2 Å². The molecule has 1 amide bonds. The van der Waals surface area contributed by atoms with Crippen LogP contribution in [0, 0.1) is 5.92 Å². The minimum atomic E-state index is -1.03. The lowest BCUT2D eigenvalue weighted by molar-refractivity contribution is -0.136. The van der Waals surface area contributed by atoms with Crippen molar-refractivity contribution in [1.82, 2.24) is 4.90 Å². The largest absolute Gasteiger partial charge is 0.388 e. The number of ether oxygens (including phenoxy) is 1. The molecule has 2 aliphatic rings. The Labute approximate surface area is 113 Å². The Morgan fingerprint density at radius 1 is 1.26 bits per heavy atom. The van der Waals surface area contributed by atoms with Crippen molar-refractivity contribution in [3.8, 4) is 0 Å². The molecule has 0 unspecified atom stereocenters. The summed E-state index contributed by atoms with van der Waals surface area (Å²) in [5.41, 5.74) is 5.45. The highest BCUT2D eigenvalue weighted by Gasteiger charge is 2.43. The van der Waals surface area contributed by atoms with Gasteiger partial charge in [-0.1, -0.05) is 6.92 Å². The minimum Gasteiger partial charge on any atom is -0.388 e. The van der Waals surface area contributed by atoms with Gasteiger partial charge in [-0.25, -0.2) is 0 Å². The van der Waals surface area contributed by atoms with Gasteiger partial charge in [0.15, 0.2) is 0 Å². The lowest BCUT2D eigenvalue weighted by atomic mass is 9.98. The second-order valence-corrected chi connectivity index (χ2v) is 5.70. The number of nitrogens with two attached hydrogens (primary N) is 1. The number of rotatable bonds is 3. The summed E-state index contributed by atoms with van der Waals surface area (Å²) in [4.78, 5) is 13.9. The van der Waals surface area contributed by atoms with Crippen molar-refractivity contribution in [3.63, 3.8) is 0 Å². The third kappa shape index (κ3) is 3.25. The van der Waals surface area contributed by atoms with Gasteiger partial charge in [0, 0.05) is 19.6 Å². The first-order valence-corrected chi connectivity index (χ1v) is 7.02. The fraction of sp³-hybridized carbons (Fsp3) is 0.923. The maximum absolute atomic E-state index is 12.1. The Kier molecular flexibility index (Phi) is 4.78. The quantitative estimate of drug-likeness (QED) is 0.618. The number of nitrogens with zero attached hydrogens (tertiary/aromatic N) is 1. The third-order valence-corrected chi connectivity index (χ3v) is 4.21. The zero-order chi connectivity index (χ0) is 14.0. The van der Waals surface area contributed by atoms with Crippen molar-refractivity contribution in [2.75, 3.05) is 19.6 Å². The molecule has 6 heteroatoms. The van der Waals surface area contributed by atoms with Crippen LogP contribution in [0.3, 0.4) is 0 Å². The van der Waals surface area contributed by atoms with Gasteiger partial charge in [-0.15, -0.1) is 0 Å². The number of aliphatic hydroxyl groups is 2. The van der Waals surface area contributed by atoms with Gasteiger partial charge in [-0.3, -0.25) is 4.79 Å². The average molecular weight is 272 g/mol. The highest BCUT2D eigenvalue weighted by molar-refractivity contribution is 5.77. The number of likely N-dealkylation sites (tertiary alicyclic amines) is 1. The van der Waals surface area contributed by atoms with E-state index in [2.05, 4.69) is 6.92 Å². The number of piperidine rings is 1. The predicted octanol–water partition coefficient (Wildman–Crippen LogP) is -0.917. The van der Waals surface area contributed by atoms with E-state index in [1.807, 2.05) is 4.90 Å². The Balaban J connectivity index is 1.85. The van der Waals surface area contributed by atoms with E-state index in [1.165, 1.54) is 0 Å². The van der Waals surface area contributed by atoms with E-state index in [0.717, 1.165) is 25.9 Å². The molecule has 0 spiro atoms. The molecule has 19 heavy (non-hydrogen) atoms. The average Bonchev–Trinajstić information content (AvgIpc) is 2.67. The van der Waals surface area contributed by atoms with Crippen molar-refractivity contribution in [3.05, 3.63) is 0 Å². The lowest BCUT2D eigenvalue weighted by Gasteiger charge is -2.31. The molecule has 0 aromatic rings. The highest BCUT2D eigenvalue weighted by Crippen LogP contribution is 2.24. The normalized spacial score (nSPS) is 36.7. The molecule has 0 aromatic heterocycles.